The van der Waals surface area contributed by atoms with Gasteiger partial charge in [0.05, 0.1) is 6.61 Å². The molecule has 8 heteroatoms. The summed E-state index contributed by atoms with van der Waals surface area (Å²) in [6.07, 6.45) is -2.61. The van der Waals surface area contributed by atoms with Crippen LogP contribution in [0.25, 0.3) is 0 Å². The molecule has 0 unspecified atom stereocenters. The summed E-state index contributed by atoms with van der Waals surface area (Å²) in [5, 5.41) is 29.1. The van der Waals surface area contributed by atoms with E-state index >= 15 is 0 Å². The van der Waals surface area contributed by atoms with E-state index in [2.05, 4.69) is 4.98 Å². The monoisotopic (exact) mass is 350 g/mol. The van der Waals surface area contributed by atoms with Crippen LogP contribution in [0.15, 0.2) is 41.3 Å². The minimum atomic E-state index is -1.33. The fraction of sp³-hybridized carbons (Fsp3) is 0.375. The number of nitrogens with one attached hydrogen (secondary N) is 1. The first-order chi connectivity index (χ1) is 11.5. The standard InChI is InChI=1S/C16H18N2O5S/c19-8-11-12(20)13(21)15(23-11)18-7-10(14(24)17-16(18)22)6-9-4-2-1-3-5-9/h1-5,7,11-13,15,19-21H,6,8H2,(H,17,22,24)/t11-,12-,13-,15-/m1/s1. The molecule has 0 bridgehead atoms. The van der Waals surface area contributed by atoms with E-state index in [-0.39, 0.29) is 0 Å². The summed E-state index contributed by atoms with van der Waals surface area (Å²) in [7, 11) is 0. The first kappa shape index (κ1) is 17.0. The molecule has 1 aromatic heterocycles. The van der Waals surface area contributed by atoms with Gasteiger partial charge in [0.1, 0.15) is 23.0 Å². The van der Waals surface area contributed by atoms with Crippen LogP contribution in [-0.4, -0.2) is 49.8 Å². The molecule has 0 aliphatic carbocycles. The van der Waals surface area contributed by atoms with Crippen molar-refractivity contribution in [2.45, 2.75) is 31.0 Å². The van der Waals surface area contributed by atoms with Crippen LogP contribution in [0.4, 0.5) is 0 Å². The molecule has 4 atom stereocenters. The van der Waals surface area contributed by atoms with E-state index < -0.39 is 36.8 Å². The van der Waals surface area contributed by atoms with Crippen molar-refractivity contribution in [3.63, 3.8) is 0 Å². The van der Waals surface area contributed by atoms with Crippen molar-refractivity contribution in [3.05, 3.63) is 62.8 Å². The van der Waals surface area contributed by atoms with Gasteiger partial charge in [-0.2, -0.15) is 0 Å². The maximum Gasteiger partial charge on any atom is 0.328 e. The average molecular weight is 350 g/mol. The van der Waals surface area contributed by atoms with Gasteiger partial charge < -0.3 is 20.1 Å². The van der Waals surface area contributed by atoms with Gasteiger partial charge in [-0.3, -0.25) is 9.55 Å². The fourth-order valence-electron chi connectivity index (χ4n) is 2.77. The summed E-state index contributed by atoms with van der Waals surface area (Å²) in [5.41, 5.74) is 1.16. The number of benzene rings is 1. The van der Waals surface area contributed by atoms with Crippen LogP contribution in [-0.2, 0) is 11.2 Å². The largest absolute Gasteiger partial charge is 0.394 e. The number of aromatic nitrogens is 2. The van der Waals surface area contributed by atoms with Crippen molar-refractivity contribution in [1.29, 1.82) is 0 Å². The highest BCUT2D eigenvalue weighted by molar-refractivity contribution is 7.71. The molecule has 1 aliphatic heterocycles. The predicted octanol–water partition coefficient (Wildman–Crippen LogP) is 0.108. The zero-order valence-electron chi connectivity index (χ0n) is 12.7. The molecule has 0 radical (unpaired) electrons. The van der Waals surface area contributed by atoms with Crippen LogP contribution < -0.4 is 5.69 Å². The van der Waals surface area contributed by atoms with E-state index in [4.69, 9.17) is 17.0 Å². The first-order valence-corrected chi connectivity index (χ1v) is 7.93. The Morgan fingerprint density at radius 1 is 1.21 bits per heavy atom. The lowest BCUT2D eigenvalue weighted by Crippen LogP contribution is -2.36. The highest BCUT2D eigenvalue weighted by Crippen LogP contribution is 2.28. The predicted molar refractivity (Wildman–Crippen MR) is 88.1 cm³/mol. The highest BCUT2D eigenvalue weighted by Gasteiger charge is 2.43. The lowest BCUT2D eigenvalue weighted by atomic mass is 10.1. The van der Waals surface area contributed by atoms with E-state index in [0.29, 0.717) is 16.6 Å². The van der Waals surface area contributed by atoms with Crippen LogP contribution in [0.5, 0.6) is 0 Å². The number of aromatic amines is 1. The smallest absolute Gasteiger partial charge is 0.328 e. The zero-order chi connectivity index (χ0) is 17.3. The van der Waals surface area contributed by atoms with Gasteiger partial charge in [0.15, 0.2) is 6.23 Å². The van der Waals surface area contributed by atoms with Gasteiger partial charge in [-0.1, -0.05) is 42.5 Å². The van der Waals surface area contributed by atoms with Crippen molar-refractivity contribution in [2.24, 2.45) is 0 Å². The van der Waals surface area contributed by atoms with E-state index in [1.165, 1.54) is 6.20 Å². The SMILES string of the molecule is O=c1[nH]c(=S)c(Cc2ccccc2)cn1[C@@H]1O[C@H](CO)[C@@H](O)[C@H]1O. The van der Waals surface area contributed by atoms with Crippen LogP contribution in [0.1, 0.15) is 17.4 Å². The Balaban J connectivity index is 1.96. The maximum absolute atomic E-state index is 12.2. The van der Waals surface area contributed by atoms with Gasteiger partial charge in [0.2, 0.25) is 0 Å². The molecule has 128 valence electrons. The molecule has 1 fully saturated rings. The van der Waals surface area contributed by atoms with Crippen molar-refractivity contribution >= 4 is 12.2 Å². The molecule has 0 saturated carbocycles. The van der Waals surface area contributed by atoms with Crippen molar-refractivity contribution < 1.29 is 20.1 Å². The molecule has 1 saturated heterocycles. The van der Waals surface area contributed by atoms with Gasteiger partial charge in [0.25, 0.3) is 0 Å². The summed E-state index contributed by atoms with van der Waals surface area (Å²) in [6.45, 7) is -0.455. The number of ether oxygens (including phenoxy) is 1. The van der Waals surface area contributed by atoms with Crippen LogP contribution >= 0.6 is 12.2 Å². The Kier molecular flexibility index (Phi) is 4.93. The number of H-pyrrole nitrogens is 1. The van der Waals surface area contributed by atoms with Gasteiger partial charge in [-0.25, -0.2) is 4.79 Å². The quantitative estimate of drug-likeness (QED) is 0.583. The summed E-state index contributed by atoms with van der Waals surface area (Å²) in [6, 6.07) is 9.60. The Bertz CT molecular complexity index is 819. The third-order valence-corrected chi connectivity index (χ3v) is 4.43. The zero-order valence-corrected chi connectivity index (χ0v) is 13.5. The van der Waals surface area contributed by atoms with Gasteiger partial charge >= 0.3 is 5.69 Å². The Morgan fingerprint density at radius 2 is 1.92 bits per heavy atom. The summed E-state index contributed by atoms with van der Waals surface area (Å²) < 4.78 is 6.88. The number of aliphatic hydroxyl groups is 3. The van der Waals surface area contributed by atoms with Crippen molar-refractivity contribution in [3.8, 4) is 0 Å². The van der Waals surface area contributed by atoms with Gasteiger partial charge in [-0.05, 0) is 5.56 Å². The van der Waals surface area contributed by atoms with Crippen molar-refractivity contribution in [2.75, 3.05) is 6.61 Å². The second-order valence-electron chi connectivity index (χ2n) is 5.71. The lowest BCUT2D eigenvalue weighted by molar-refractivity contribution is -0.0551. The summed E-state index contributed by atoms with van der Waals surface area (Å²) >= 11 is 5.21. The molecule has 2 aromatic rings. The average Bonchev–Trinajstić information content (AvgIpc) is 2.86. The van der Waals surface area contributed by atoms with E-state index in [1.54, 1.807) is 0 Å². The van der Waals surface area contributed by atoms with Crippen molar-refractivity contribution in [1.82, 2.24) is 9.55 Å². The number of rotatable bonds is 4. The number of hydrogen-bond donors (Lipinski definition) is 4. The number of aliphatic hydroxyl groups excluding tert-OH is 3. The molecule has 24 heavy (non-hydrogen) atoms. The van der Waals surface area contributed by atoms with E-state index in [1.807, 2.05) is 30.3 Å². The molecule has 4 N–H and O–H groups in total. The second kappa shape index (κ2) is 6.96. The number of hydrogen-bond acceptors (Lipinski definition) is 6. The summed E-state index contributed by atoms with van der Waals surface area (Å²) in [5.74, 6) is 0. The molecule has 0 spiro atoms. The van der Waals surface area contributed by atoms with Crippen LogP contribution in [0.3, 0.4) is 0 Å². The number of nitrogens with zero attached hydrogens (tertiary/aromatic N) is 1. The molecular formula is C16H18N2O5S. The van der Waals surface area contributed by atoms with Crippen LogP contribution in [0, 0.1) is 4.64 Å². The summed E-state index contributed by atoms with van der Waals surface area (Å²) in [4.78, 5) is 14.7. The normalized spacial score (nSPS) is 26.6. The third kappa shape index (κ3) is 3.19. The molecule has 3 rings (SSSR count). The first-order valence-electron chi connectivity index (χ1n) is 7.52. The minimum Gasteiger partial charge on any atom is -0.394 e. The molecule has 0 amide bonds. The second-order valence-corrected chi connectivity index (χ2v) is 6.12. The lowest BCUT2D eigenvalue weighted by Gasteiger charge is -2.18. The fourth-order valence-corrected chi connectivity index (χ4v) is 2.98. The minimum absolute atomic E-state index is 0.312. The Morgan fingerprint density at radius 3 is 2.54 bits per heavy atom. The Hall–Kier alpha value is -1.84. The Labute approximate surface area is 142 Å². The highest BCUT2D eigenvalue weighted by atomic mass is 32.1. The van der Waals surface area contributed by atoms with Gasteiger partial charge in [-0.15, -0.1) is 0 Å². The third-order valence-electron chi connectivity index (χ3n) is 4.07. The van der Waals surface area contributed by atoms with E-state index in [0.717, 1.165) is 10.1 Å². The molecule has 1 aliphatic rings. The molecule has 7 nitrogen and oxygen atoms in total. The van der Waals surface area contributed by atoms with E-state index in [9.17, 15) is 20.1 Å². The molecule has 2 heterocycles. The van der Waals surface area contributed by atoms with Gasteiger partial charge in [0, 0.05) is 18.2 Å². The topological polar surface area (TPSA) is 108 Å². The maximum atomic E-state index is 12.2. The molecular weight excluding hydrogens is 332 g/mol. The molecule has 1 aromatic carbocycles. The van der Waals surface area contributed by atoms with Crippen LogP contribution in [0.2, 0.25) is 0 Å².